The van der Waals surface area contributed by atoms with E-state index in [4.69, 9.17) is 22.1 Å². The number of amides is 1. The van der Waals surface area contributed by atoms with E-state index in [0.29, 0.717) is 29.4 Å². The summed E-state index contributed by atoms with van der Waals surface area (Å²) >= 11 is 5.85. The summed E-state index contributed by atoms with van der Waals surface area (Å²) in [6, 6.07) is 4.94. The molecule has 1 rings (SSSR count). The van der Waals surface area contributed by atoms with Gasteiger partial charge in [0, 0.05) is 11.6 Å². The van der Waals surface area contributed by atoms with E-state index in [0.717, 1.165) is 0 Å². The van der Waals surface area contributed by atoms with Gasteiger partial charge in [-0.25, -0.2) is 0 Å². The quantitative estimate of drug-likeness (QED) is 0.842. The molecule has 0 fully saturated rings. The molecule has 1 atom stereocenters. The first kappa shape index (κ1) is 13.8. The Morgan fingerprint density at radius 2 is 2.29 bits per heavy atom. The van der Waals surface area contributed by atoms with E-state index in [1.54, 1.807) is 18.2 Å². The van der Waals surface area contributed by atoms with E-state index < -0.39 is 0 Å². The molecule has 0 bridgehead atoms. The van der Waals surface area contributed by atoms with Crippen LogP contribution >= 0.6 is 11.6 Å². The van der Waals surface area contributed by atoms with Crippen LogP contribution in [0.2, 0.25) is 5.02 Å². The van der Waals surface area contributed by atoms with Gasteiger partial charge in [-0.05, 0) is 30.7 Å². The highest BCUT2D eigenvalue weighted by molar-refractivity contribution is 6.31. The molecule has 1 aromatic rings. The highest BCUT2D eigenvalue weighted by Crippen LogP contribution is 2.22. The highest BCUT2D eigenvalue weighted by atomic mass is 35.5. The number of hydrogen-bond donors (Lipinski definition) is 2. The zero-order valence-electron chi connectivity index (χ0n) is 10.00. The largest absolute Gasteiger partial charge is 0.496 e. The maximum atomic E-state index is 11.9. The van der Waals surface area contributed by atoms with Gasteiger partial charge in [0.15, 0.2) is 0 Å². The van der Waals surface area contributed by atoms with Crippen LogP contribution in [0.5, 0.6) is 5.75 Å². The molecule has 0 aliphatic carbocycles. The predicted octanol–water partition coefficient (Wildman–Crippen LogP) is 1.67. The lowest BCUT2D eigenvalue weighted by atomic mass is 10.1. The standard InChI is InChI=1S/C12H17ClN2O2/c1-8(6-14)7-15-12(16)10-5-9(13)3-4-11(10)17-2/h3-5,8H,6-7,14H2,1-2H3,(H,15,16). The Bertz CT molecular complexity index is 396. The maximum absolute atomic E-state index is 11.9. The number of rotatable bonds is 5. The van der Waals surface area contributed by atoms with Crippen molar-refractivity contribution >= 4 is 17.5 Å². The predicted molar refractivity (Wildman–Crippen MR) is 68.6 cm³/mol. The normalized spacial score (nSPS) is 12.0. The molecule has 17 heavy (non-hydrogen) atoms. The fraction of sp³-hybridized carbons (Fsp3) is 0.417. The lowest BCUT2D eigenvalue weighted by Gasteiger charge is -2.12. The number of benzene rings is 1. The van der Waals surface area contributed by atoms with E-state index in [2.05, 4.69) is 5.32 Å². The van der Waals surface area contributed by atoms with Crippen LogP contribution in [0.3, 0.4) is 0 Å². The van der Waals surface area contributed by atoms with Crippen molar-refractivity contribution in [1.82, 2.24) is 5.32 Å². The Labute approximate surface area is 106 Å². The third kappa shape index (κ3) is 3.91. The van der Waals surface area contributed by atoms with Crippen LogP contribution < -0.4 is 15.8 Å². The molecule has 0 heterocycles. The molecular formula is C12H17ClN2O2. The number of carbonyl (C=O) groups is 1. The zero-order chi connectivity index (χ0) is 12.8. The summed E-state index contributed by atoms with van der Waals surface area (Å²) in [6.07, 6.45) is 0. The molecule has 1 amide bonds. The van der Waals surface area contributed by atoms with E-state index in [-0.39, 0.29) is 11.8 Å². The summed E-state index contributed by atoms with van der Waals surface area (Å²) in [7, 11) is 1.52. The molecule has 3 N–H and O–H groups in total. The minimum atomic E-state index is -0.204. The Morgan fingerprint density at radius 1 is 1.59 bits per heavy atom. The molecule has 0 saturated heterocycles. The second-order valence-corrected chi connectivity index (χ2v) is 4.33. The van der Waals surface area contributed by atoms with Crippen molar-refractivity contribution in [2.75, 3.05) is 20.2 Å². The molecule has 0 spiro atoms. The Morgan fingerprint density at radius 3 is 2.88 bits per heavy atom. The molecule has 94 valence electrons. The smallest absolute Gasteiger partial charge is 0.255 e. The van der Waals surface area contributed by atoms with Crippen molar-refractivity contribution in [3.05, 3.63) is 28.8 Å². The first-order chi connectivity index (χ1) is 8.08. The Balaban J connectivity index is 2.77. The van der Waals surface area contributed by atoms with Crippen molar-refractivity contribution in [2.45, 2.75) is 6.92 Å². The number of nitrogens with one attached hydrogen (secondary N) is 1. The summed E-state index contributed by atoms with van der Waals surface area (Å²) in [5.41, 5.74) is 5.91. The number of methoxy groups -OCH3 is 1. The van der Waals surface area contributed by atoms with E-state index in [1.165, 1.54) is 7.11 Å². The maximum Gasteiger partial charge on any atom is 0.255 e. The molecule has 0 aliphatic rings. The van der Waals surface area contributed by atoms with Crippen molar-refractivity contribution < 1.29 is 9.53 Å². The van der Waals surface area contributed by atoms with Gasteiger partial charge >= 0.3 is 0 Å². The number of halogens is 1. The van der Waals surface area contributed by atoms with Gasteiger partial charge in [0.05, 0.1) is 12.7 Å². The molecule has 1 aromatic carbocycles. The Hall–Kier alpha value is -1.26. The number of carbonyl (C=O) groups excluding carboxylic acids is 1. The fourth-order valence-electron chi connectivity index (χ4n) is 1.30. The second-order valence-electron chi connectivity index (χ2n) is 3.90. The first-order valence-electron chi connectivity index (χ1n) is 5.40. The lowest BCUT2D eigenvalue weighted by Crippen LogP contribution is -2.31. The third-order valence-electron chi connectivity index (χ3n) is 2.42. The molecule has 0 aromatic heterocycles. The van der Waals surface area contributed by atoms with Crippen molar-refractivity contribution in [2.24, 2.45) is 11.7 Å². The molecule has 0 radical (unpaired) electrons. The average Bonchev–Trinajstić information content (AvgIpc) is 2.35. The highest BCUT2D eigenvalue weighted by Gasteiger charge is 2.13. The zero-order valence-corrected chi connectivity index (χ0v) is 10.8. The van der Waals surface area contributed by atoms with Gasteiger partial charge in [0.2, 0.25) is 0 Å². The van der Waals surface area contributed by atoms with Gasteiger partial charge in [-0.3, -0.25) is 4.79 Å². The van der Waals surface area contributed by atoms with Crippen LogP contribution in [0.25, 0.3) is 0 Å². The van der Waals surface area contributed by atoms with Gasteiger partial charge in [0.1, 0.15) is 5.75 Å². The summed E-state index contributed by atoms with van der Waals surface area (Å²) in [5.74, 6) is 0.543. The third-order valence-corrected chi connectivity index (χ3v) is 2.65. The summed E-state index contributed by atoms with van der Waals surface area (Å²) < 4.78 is 5.11. The van der Waals surface area contributed by atoms with Gasteiger partial charge in [-0.1, -0.05) is 18.5 Å². The number of hydrogen-bond acceptors (Lipinski definition) is 3. The van der Waals surface area contributed by atoms with Crippen molar-refractivity contribution in [1.29, 1.82) is 0 Å². The fourth-order valence-corrected chi connectivity index (χ4v) is 1.48. The Kier molecular flexibility index (Phi) is 5.25. The number of nitrogens with two attached hydrogens (primary N) is 1. The molecule has 0 aliphatic heterocycles. The summed E-state index contributed by atoms with van der Waals surface area (Å²) in [6.45, 7) is 3.04. The van der Waals surface area contributed by atoms with E-state index >= 15 is 0 Å². The number of ether oxygens (including phenoxy) is 1. The SMILES string of the molecule is COc1ccc(Cl)cc1C(=O)NCC(C)CN. The lowest BCUT2D eigenvalue weighted by molar-refractivity contribution is 0.0945. The first-order valence-corrected chi connectivity index (χ1v) is 5.78. The average molecular weight is 257 g/mol. The van der Waals surface area contributed by atoms with Crippen molar-refractivity contribution in [3.63, 3.8) is 0 Å². The summed E-state index contributed by atoms with van der Waals surface area (Å²) in [4.78, 5) is 11.9. The van der Waals surface area contributed by atoms with Crippen LogP contribution in [0.1, 0.15) is 17.3 Å². The van der Waals surface area contributed by atoms with Crippen molar-refractivity contribution in [3.8, 4) is 5.75 Å². The van der Waals surface area contributed by atoms with E-state index in [1.807, 2.05) is 6.92 Å². The topological polar surface area (TPSA) is 64.3 Å². The van der Waals surface area contributed by atoms with Crippen LogP contribution in [-0.2, 0) is 0 Å². The molecule has 4 nitrogen and oxygen atoms in total. The summed E-state index contributed by atoms with van der Waals surface area (Å²) in [5, 5.41) is 3.30. The second kappa shape index (κ2) is 6.47. The monoisotopic (exact) mass is 256 g/mol. The molecule has 5 heteroatoms. The van der Waals surface area contributed by atoms with Crippen LogP contribution in [0.4, 0.5) is 0 Å². The molecule has 0 saturated carbocycles. The van der Waals surface area contributed by atoms with Gasteiger partial charge in [0.25, 0.3) is 5.91 Å². The van der Waals surface area contributed by atoms with Gasteiger partial charge < -0.3 is 15.8 Å². The van der Waals surface area contributed by atoms with Gasteiger partial charge in [-0.2, -0.15) is 0 Å². The van der Waals surface area contributed by atoms with Crippen LogP contribution in [0, 0.1) is 5.92 Å². The molecule has 1 unspecified atom stereocenters. The van der Waals surface area contributed by atoms with Crippen LogP contribution in [0.15, 0.2) is 18.2 Å². The van der Waals surface area contributed by atoms with Crippen LogP contribution in [-0.4, -0.2) is 26.1 Å². The minimum absolute atomic E-state index is 0.204. The van der Waals surface area contributed by atoms with E-state index in [9.17, 15) is 4.79 Å². The minimum Gasteiger partial charge on any atom is -0.496 e. The molecular weight excluding hydrogens is 240 g/mol. The van der Waals surface area contributed by atoms with Gasteiger partial charge in [-0.15, -0.1) is 0 Å².